The molecular formula is C18H16N4OS2. The minimum atomic E-state index is 0.689. The Bertz CT molecular complexity index is 971. The van der Waals surface area contributed by atoms with Crippen molar-refractivity contribution in [3.63, 3.8) is 0 Å². The van der Waals surface area contributed by atoms with Crippen molar-refractivity contribution < 1.29 is 4.52 Å². The van der Waals surface area contributed by atoms with E-state index in [-0.39, 0.29) is 0 Å². The molecule has 5 nitrogen and oxygen atoms in total. The van der Waals surface area contributed by atoms with E-state index in [0.29, 0.717) is 5.75 Å². The second kappa shape index (κ2) is 6.85. The highest BCUT2D eigenvalue weighted by atomic mass is 32.2. The van der Waals surface area contributed by atoms with E-state index in [4.69, 9.17) is 4.52 Å². The molecule has 0 aliphatic rings. The van der Waals surface area contributed by atoms with Crippen LogP contribution in [-0.4, -0.2) is 19.9 Å². The van der Waals surface area contributed by atoms with Crippen LogP contribution in [0, 0.1) is 6.92 Å². The first-order chi connectivity index (χ1) is 12.2. The monoisotopic (exact) mass is 368 g/mol. The van der Waals surface area contributed by atoms with Crippen LogP contribution < -0.4 is 0 Å². The summed E-state index contributed by atoms with van der Waals surface area (Å²) >= 11 is 3.24. The standard InChI is InChI=1S/C18H16N4OS2/c1-12-5-7-13(8-6-12)17-19-20-18(22(17)2)25-11-14-10-15(23-21-14)16-4-3-9-24-16/h3-10H,11H2,1-2H3. The van der Waals surface area contributed by atoms with Gasteiger partial charge in [-0.3, -0.25) is 0 Å². The summed E-state index contributed by atoms with van der Waals surface area (Å²) in [5.41, 5.74) is 3.19. The van der Waals surface area contributed by atoms with Gasteiger partial charge in [-0.15, -0.1) is 21.5 Å². The fraction of sp³-hybridized carbons (Fsp3) is 0.167. The maximum Gasteiger partial charge on any atom is 0.191 e. The molecule has 0 fully saturated rings. The lowest BCUT2D eigenvalue weighted by molar-refractivity contribution is 0.427. The molecule has 0 unspecified atom stereocenters. The average molecular weight is 368 g/mol. The van der Waals surface area contributed by atoms with Gasteiger partial charge in [0.1, 0.15) is 0 Å². The molecule has 0 saturated heterocycles. The number of hydrogen-bond acceptors (Lipinski definition) is 6. The van der Waals surface area contributed by atoms with E-state index in [1.807, 2.05) is 35.2 Å². The Labute approximate surface area is 153 Å². The van der Waals surface area contributed by atoms with Gasteiger partial charge < -0.3 is 9.09 Å². The van der Waals surface area contributed by atoms with E-state index in [1.165, 1.54) is 5.56 Å². The SMILES string of the molecule is Cc1ccc(-c2nnc(SCc3cc(-c4cccs4)on3)n2C)cc1. The number of benzene rings is 1. The summed E-state index contributed by atoms with van der Waals surface area (Å²) in [5.74, 6) is 2.36. The van der Waals surface area contributed by atoms with Gasteiger partial charge in [0.2, 0.25) is 0 Å². The summed E-state index contributed by atoms with van der Waals surface area (Å²) in [6, 6.07) is 14.3. The number of hydrogen-bond donors (Lipinski definition) is 0. The Morgan fingerprint density at radius 2 is 2.00 bits per heavy atom. The predicted molar refractivity (Wildman–Crippen MR) is 101 cm³/mol. The van der Waals surface area contributed by atoms with Gasteiger partial charge in [-0.1, -0.05) is 52.8 Å². The predicted octanol–water partition coefficient (Wildman–Crippen LogP) is 4.80. The third kappa shape index (κ3) is 3.38. The molecular weight excluding hydrogens is 352 g/mol. The van der Waals surface area contributed by atoms with Gasteiger partial charge >= 0.3 is 0 Å². The normalized spacial score (nSPS) is 11.1. The van der Waals surface area contributed by atoms with Gasteiger partial charge in [0, 0.05) is 24.4 Å². The van der Waals surface area contributed by atoms with Crippen LogP contribution in [-0.2, 0) is 12.8 Å². The summed E-state index contributed by atoms with van der Waals surface area (Å²) in [5, 5.41) is 15.7. The molecule has 0 bridgehead atoms. The van der Waals surface area contributed by atoms with Crippen molar-refractivity contribution in [1.82, 2.24) is 19.9 Å². The Morgan fingerprint density at radius 3 is 2.76 bits per heavy atom. The van der Waals surface area contributed by atoms with E-state index in [9.17, 15) is 0 Å². The molecule has 0 aliphatic carbocycles. The highest BCUT2D eigenvalue weighted by Crippen LogP contribution is 2.29. The average Bonchev–Trinajstić information content (AvgIpc) is 3.35. The first-order valence-corrected chi connectivity index (χ1v) is 9.66. The molecule has 4 aromatic rings. The van der Waals surface area contributed by atoms with Crippen molar-refractivity contribution in [2.24, 2.45) is 7.05 Å². The number of aromatic nitrogens is 4. The van der Waals surface area contributed by atoms with Crippen molar-refractivity contribution in [2.45, 2.75) is 17.8 Å². The first kappa shape index (κ1) is 16.1. The Hall–Kier alpha value is -2.38. The molecule has 1 aromatic carbocycles. The van der Waals surface area contributed by atoms with Gasteiger partial charge in [0.15, 0.2) is 16.7 Å². The molecule has 7 heteroatoms. The van der Waals surface area contributed by atoms with E-state index >= 15 is 0 Å². The Balaban J connectivity index is 1.48. The number of thiophene rings is 1. The molecule has 0 N–H and O–H groups in total. The fourth-order valence-electron chi connectivity index (χ4n) is 2.45. The van der Waals surface area contributed by atoms with Crippen LogP contribution in [0.1, 0.15) is 11.3 Å². The molecule has 3 heterocycles. The van der Waals surface area contributed by atoms with E-state index < -0.39 is 0 Å². The van der Waals surface area contributed by atoms with Gasteiger partial charge in [0.05, 0.1) is 10.6 Å². The topological polar surface area (TPSA) is 56.7 Å². The van der Waals surface area contributed by atoms with Crippen LogP contribution in [0.4, 0.5) is 0 Å². The highest BCUT2D eigenvalue weighted by molar-refractivity contribution is 7.98. The summed E-state index contributed by atoms with van der Waals surface area (Å²) in [6.07, 6.45) is 0. The minimum absolute atomic E-state index is 0.689. The summed E-state index contributed by atoms with van der Waals surface area (Å²) in [4.78, 5) is 1.09. The van der Waals surface area contributed by atoms with Crippen molar-refractivity contribution in [1.29, 1.82) is 0 Å². The quantitative estimate of drug-likeness (QED) is 0.474. The van der Waals surface area contributed by atoms with E-state index in [2.05, 4.69) is 46.5 Å². The van der Waals surface area contributed by atoms with Gasteiger partial charge in [-0.25, -0.2) is 0 Å². The molecule has 0 spiro atoms. The molecule has 0 saturated carbocycles. The van der Waals surface area contributed by atoms with Crippen LogP contribution in [0.3, 0.4) is 0 Å². The number of thioether (sulfide) groups is 1. The maximum absolute atomic E-state index is 5.42. The second-order valence-corrected chi connectivity index (χ2v) is 7.57. The van der Waals surface area contributed by atoms with Crippen LogP contribution in [0.5, 0.6) is 0 Å². The van der Waals surface area contributed by atoms with Crippen LogP contribution in [0.2, 0.25) is 0 Å². The second-order valence-electron chi connectivity index (χ2n) is 5.68. The molecule has 126 valence electrons. The third-order valence-electron chi connectivity index (χ3n) is 3.82. The smallest absolute Gasteiger partial charge is 0.191 e. The molecule has 0 radical (unpaired) electrons. The summed E-state index contributed by atoms with van der Waals surface area (Å²) in [7, 11) is 1.98. The van der Waals surface area contributed by atoms with Crippen LogP contribution in [0.25, 0.3) is 22.0 Å². The fourth-order valence-corrected chi connectivity index (χ4v) is 3.91. The number of rotatable bonds is 5. The number of aryl methyl sites for hydroxylation is 1. The molecule has 0 aliphatic heterocycles. The molecule has 0 atom stereocenters. The van der Waals surface area contributed by atoms with Crippen molar-refractivity contribution >= 4 is 23.1 Å². The van der Waals surface area contributed by atoms with Gasteiger partial charge in [-0.2, -0.15) is 0 Å². The van der Waals surface area contributed by atoms with E-state index in [0.717, 1.165) is 32.9 Å². The number of nitrogens with zero attached hydrogens (tertiary/aromatic N) is 4. The maximum atomic E-state index is 5.42. The van der Waals surface area contributed by atoms with Crippen molar-refractivity contribution in [3.05, 3.63) is 59.1 Å². The lowest BCUT2D eigenvalue weighted by atomic mass is 10.1. The lowest BCUT2D eigenvalue weighted by Crippen LogP contribution is -1.95. The van der Waals surface area contributed by atoms with Crippen LogP contribution >= 0.6 is 23.1 Å². The molecule has 0 amide bonds. The highest BCUT2D eigenvalue weighted by Gasteiger charge is 2.13. The third-order valence-corrected chi connectivity index (χ3v) is 5.76. The van der Waals surface area contributed by atoms with Gasteiger partial charge in [-0.05, 0) is 18.4 Å². The summed E-state index contributed by atoms with van der Waals surface area (Å²) < 4.78 is 7.43. The van der Waals surface area contributed by atoms with Gasteiger partial charge in [0.25, 0.3) is 0 Å². The minimum Gasteiger partial charge on any atom is -0.355 e. The summed E-state index contributed by atoms with van der Waals surface area (Å²) in [6.45, 7) is 2.07. The zero-order chi connectivity index (χ0) is 17.2. The zero-order valence-corrected chi connectivity index (χ0v) is 15.5. The van der Waals surface area contributed by atoms with E-state index in [1.54, 1.807) is 23.1 Å². The van der Waals surface area contributed by atoms with Crippen molar-refractivity contribution in [3.8, 4) is 22.0 Å². The Kier molecular flexibility index (Phi) is 4.42. The largest absolute Gasteiger partial charge is 0.355 e. The lowest BCUT2D eigenvalue weighted by Gasteiger charge is -2.03. The molecule has 25 heavy (non-hydrogen) atoms. The Morgan fingerprint density at radius 1 is 1.16 bits per heavy atom. The first-order valence-electron chi connectivity index (χ1n) is 7.79. The van der Waals surface area contributed by atoms with Crippen LogP contribution in [0.15, 0.2) is 57.5 Å². The molecule has 4 rings (SSSR count). The van der Waals surface area contributed by atoms with Crippen molar-refractivity contribution in [2.75, 3.05) is 0 Å². The molecule has 3 aromatic heterocycles. The zero-order valence-electron chi connectivity index (χ0n) is 13.8.